The average Bonchev–Trinajstić information content (AvgIpc) is 2.75. The van der Waals surface area contributed by atoms with Crippen LogP contribution in [-0.2, 0) is 17.8 Å². The van der Waals surface area contributed by atoms with Gasteiger partial charge in [0.05, 0.1) is 19.0 Å². The highest BCUT2D eigenvalue weighted by Crippen LogP contribution is 2.32. The number of thiocarbonyl (C=S) groups is 1. The Hall–Kier alpha value is -2.32. The van der Waals surface area contributed by atoms with Crippen LogP contribution < -0.4 is 9.47 Å². The van der Waals surface area contributed by atoms with Crippen molar-refractivity contribution in [2.24, 2.45) is 5.92 Å². The van der Waals surface area contributed by atoms with Gasteiger partial charge in [0.1, 0.15) is 6.61 Å². The van der Waals surface area contributed by atoms with Crippen LogP contribution in [0.2, 0.25) is 0 Å². The Morgan fingerprint density at radius 1 is 1.13 bits per heavy atom. The summed E-state index contributed by atoms with van der Waals surface area (Å²) in [5.41, 5.74) is 1.85. The zero-order chi connectivity index (χ0) is 22.8. The topological polar surface area (TPSA) is 70.8 Å². The van der Waals surface area contributed by atoms with Crippen molar-refractivity contribution in [1.29, 1.82) is 0 Å². The molecule has 0 amide bonds. The fourth-order valence-corrected chi connectivity index (χ4v) is 4.65. The molecule has 0 bridgehead atoms. The van der Waals surface area contributed by atoms with Gasteiger partial charge in [-0.15, -0.1) is 0 Å². The molecule has 2 aromatic rings. The smallest absolute Gasteiger partial charge is 0.229 e. The highest BCUT2D eigenvalue weighted by Gasteiger charge is 2.36. The van der Waals surface area contributed by atoms with E-state index < -0.39 is 6.04 Å². The van der Waals surface area contributed by atoms with Gasteiger partial charge in [-0.2, -0.15) is 0 Å². The van der Waals surface area contributed by atoms with Crippen molar-refractivity contribution < 1.29 is 19.1 Å². The molecule has 8 heteroatoms. The molecule has 0 N–H and O–H groups in total. The van der Waals surface area contributed by atoms with Crippen molar-refractivity contribution in [2.45, 2.75) is 45.1 Å². The van der Waals surface area contributed by atoms with E-state index >= 15 is 0 Å². The van der Waals surface area contributed by atoms with Crippen LogP contribution in [0.4, 0.5) is 0 Å². The molecule has 0 saturated carbocycles. The van der Waals surface area contributed by atoms with E-state index in [1.54, 1.807) is 19.2 Å². The minimum atomic E-state index is -0.816. The van der Waals surface area contributed by atoms with E-state index in [2.05, 4.69) is 0 Å². The summed E-state index contributed by atoms with van der Waals surface area (Å²) < 4.78 is 17.1. The lowest BCUT2D eigenvalue weighted by molar-refractivity contribution is -0.522. The molecule has 0 aliphatic rings. The molecule has 0 heterocycles. The van der Waals surface area contributed by atoms with Crippen LogP contribution in [0.5, 0.6) is 11.5 Å². The Labute approximate surface area is 193 Å². The zero-order valence-corrected chi connectivity index (χ0v) is 19.9. The third-order valence-corrected chi connectivity index (χ3v) is 6.56. The highest BCUT2D eigenvalue weighted by molar-refractivity contribution is 8.23. The van der Waals surface area contributed by atoms with Gasteiger partial charge in [0.15, 0.2) is 11.5 Å². The predicted molar refractivity (Wildman–Crippen MR) is 129 cm³/mol. The summed E-state index contributed by atoms with van der Waals surface area (Å²) in [6.45, 7) is 6.63. The number of hydrogen-bond donors (Lipinski definition) is 0. The first-order valence-electron chi connectivity index (χ1n) is 10.2. The summed E-state index contributed by atoms with van der Waals surface area (Å²) in [5, 5.41) is 11.6. The second-order valence-electron chi connectivity index (χ2n) is 7.33. The number of benzene rings is 2. The maximum Gasteiger partial charge on any atom is 0.229 e. The Morgan fingerprint density at radius 3 is 2.42 bits per heavy atom. The van der Waals surface area contributed by atoms with Crippen LogP contribution in [0.25, 0.3) is 0 Å². The number of rotatable bonds is 11. The lowest BCUT2D eigenvalue weighted by atomic mass is 9.97. The summed E-state index contributed by atoms with van der Waals surface area (Å²) in [6.07, 6.45) is 0.257. The summed E-state index contributed by atoms with van der Waals surface area (Å²) in [4.78, 5) is 11.7. The average molecular weight is 464 g/mol. The van der Waals surface area contributed by atoms with Gasteiger partial charge in [-0.05, 0) is 48.3 Å². The fourth-order valence-electron chi connectivity index (χ4n) is 3.17. The fraction of sp³-hybridized carbons (Fsp3) is 0.435. The zero-order valence-electron chi connectivity index (χ0n) is 18.3. The predicted octanol–water partition coefficient (Wildman–Crippen LogP) is 5.54. The van der Waals surface area contributed by atoms with E-state index in [1.807, 2.05) is 57.2 Å². The molecule has 2 atom stereocenters. The van der Waals surface area contributed by atoms with E-state index in [1.165, 1.54) is 11.8 Å². The number of nitrogens with zero attached hydrogens (tertiary/aromatic N) is 1. The summed E-state index contributed by atoms with van der Waals surface area (Å²) in [5.74, 6) is 1.20. The lowest BCUT2D eigenvalue weighted by Gasteiger charge is -2.24. The Kier molecular flexibility index (Phi) is 10.1. The molecule has 0 fully saturated rings. The minimum absolute atomic E-state index is 0.0502. The molecule has 0 spiro atoms. The van der Waals surface area contributed by atoms with E-state index in [9.17, 15) is 10.1 Å². The molecular formula is C23H29NO5S2. The molecule has 0 aliphatic heterocycles. The molecule has 2 unspecified atom stereocenters. The molecule has 0 radical (unpaired) electrons. The molecule has 2 rings (SSSR count). The SMILES string of the molecule is CCOC(=S)SC(C(C)C)C(Cc1ccc(OCc2ccccc2)c(OC)c1)[N+](=O)[O-]. The molecule has 0 saturated heterocycles. The molecule has 168 valence electrons. The van der Waals surface area contributed by atoms with Crippen molar-refractivity contribution in [1.82, 2.24) is 0 Å². The first-order valence-corrected chi connectivity index (χ1v) is 11.4. The van der Waals surface area contributed by atoms with Gasteiger partial charge in [-0.25, -0.2) is 0 Å². The Bertz CT molecular complexity index is 860. The second-order valence-corrected chi connectivity index (χ2v) is 9.11. The monoisotopic (exact) mass is 463 g/mol. The van der Waals surface area contributed by atoms with E-state index in [-0.39, 0.29) is 22.5 Å². The number of thioether (sulfide) groups is 1. The van der Waals surface area contributed by atoms with Crippen LogP contribution in [-0.4, -0.2) is 34.3 Å². The second kappa shape index (κ2) is 12.5. The molecule has 31 heavy (non-hydrogen) atoms. The van der Waals surface area contributed by atoms with Crippen LogP contribution in [0, 0.1) is 16.0 Å². The summed E-state index contributed by atoms with van der Waals surface area (Å²) in [6, 6.07) is 14.5. The Balaban J connectivity index is 2.17. The van der Waals surface area contributed by atoms with E-state index in [0.717, 1.165) is 11.1 Å². The standard InChI is InChI=1S/C23H29NO5S2/c1-5-28-23(30)31-22(16(2)3)19(24(25)26)13-18-11-12-20(21(14-18)27-4)29-15-17-9-7-6-8-10-17/h6-12,14,16,19,22H,5,13,15H2,1-4H3. The molecule has 0 aliphatic carbocycles. The van der Waals surface area contributed by atoms with Gasteiger partial charge in [-0.1, -0.05) is 62.0 Å². The first kappa shape index (κ1) is 24.9. The van der Waals surface area contributed by atoms with Gasteiger partial charge in [-0.3, -0.25) is 10.1 Å². The summed E-state index contributed by atoms with van der Waals surface area (Å²) >= 11 is 6.49. The van der Waals surface area contributed by atoms with Crippen molar-refractivity contribution >= 4 is 28.4 Å². The number of methoxy groups -OCH3 is 1. The van der Waals surface area contributed by atoms with Gasteiger partial charge < -0.3 is 14.2 Å². The van der Waals surface area contributed by atoms with Gasteiger partial charge in [0, 0.05) is 11.3 Å². The van der Waals surface area contributed by atoms with E-state index in [4.69, 9.17) is 26.4 Å². The van der Waals surface area contributed by atoms with Gasteiger partial charge >= 0.3 is 0 Å². The number of nitro groups is 1. The van der Waals surface area contributed by atoms with Crippen LogP contribution in [0.3, 0.4) is 0 Å². The van der Waals surface area contributed by atoms with Gasteiger partial charge in [0.25, 0.3) is 0 Å². The maximum absolute atomic E-state index is 11.9. The Morgan fingerprint density at radius 2 is 1.84 bits per heavy atom. The third kappa shape index (κ3) is 7.70. The van der Waals surface area contributed by atoms with Gasteiger partial charge in [0.2, 0.25) is 10.4 Å². The number of ether oxygens (including phenoxy) is 3. The van der Waals surface area contributed by atoms with Crippen LogP contribution in [0.1, 0.15) is 31.9 Å². The minimum Gasteiger partial charge on any atom is -0.493 e. The van der Waals surface area contributed by atoms with Crippen molar-refractivity contribution in [2.75, 3.05) is 13.7 Å². The largest absolute Gasteiger partial charge is 0.493 e. The first-order chi connectivity index (χ1) is 14.8. The molecule has 6 nitrogen and oxygen atoms in total. The van der Waals surface area contributed by atoms with Crippen LogP contribution >= 0.6 is 24.0 Å². The third-order valence-electron chi connectivity index (χ3n) is 4.71. The maximum atomic E-state index is 11.9. The summed E-state index contributed by atoms with van der Waals surface area (Å²) in [7, 11) is 1.56. The molecule has 2 aromatic carbocycles. The molecular weight excluding hydrogens is 434 g/mol. The quantitative estimate of drug-likeness (QED) is 0.246. The normalized spacial score (nSPS) is 12.8. The highest BCUT2D eigenvalue weighted by atomic mass is 32.2. The van der Waals surface area contributed by atoms with Crippen molar-refractivity contribution in [3.8, 4) is 11.5 Å². The van der Waals surface area contributed by atoms with Crippen molar-refractivity contribution in [3.63, 3.8) is 0 Å². The van der Waals surface area contributed by atoms with E-state index in [0.29, 0.717) is 29.1 Å². The molecule has 0 aromatic heterocycles. The number of hydrogen-bond acceptors (Lipinski definition) is 7. The van der Waals surface area contributed by atoms with Crippen molar-refractivity contribution in [3.05, 3.63) is 69.8 Å². The van der Waals surface area contributed by atoms with Crippen LogP contribution in [0.15, 0.2) is 48.5 Å². The lowest BCUT2D eigenvalue weighted by Crippen LogP contribution is -2.37.